The Labute approximate surface area is 202 Å². The Morgan fingerprint density at radius 2 is 1.94 bits per heavy atom. The first kappa shape index (κ1) is 25.8. The molecule has 3 amide bonds. The second-order valence-electron chi connectivity index (χ2n) is 9.75. The van der Waals surface area contributed by atoms with Crippen molar-refractivity contribution >= 4 is 29.5 Å². The zero-order valence-corrected chi connectivity index (χ0v) is 21.2. The molecule has 8 heteroatoms. The lowest BCUT2D eigenvalue weighted by molar-refractivity contribution is -0.145. The average Bonchev–Trinajstić information content (AvgIpc) is 3.35. The molecule has 0 aromatic rings. The number of carbonyl (C=O) groups is 3. The molecule has 3 heterocycles. The van der Waals surface area contributed by atoms with Crippen molar-refractivity contribution in [2.75, 3.05) is 32.8 Å². The number of aliphatic hydroxyl groups is 1. The maximum atomic E-state index is 14.0. The lowest BCUT2D eigenvalue weighted by atomic mass is 9.65. The first-order valence-electron chi connectivity index (χ1n) is 12.1. The van der Waals surface area contributed by atoms with Crippen LogP contribution in [-0.4, -0.2) is 92.4 Å². The molecule has 33 heavy (non-hydrogen) atoms. The number of amides is 3. The Bertz CT molecular complexity index is 803. The summed E-state index contributed by atoms with van der Waals surface area (Å²) in [6, 6.07) is -0.743. The number of thioether (sulfide) groups is 1. The van der Waals surface area contributed by atoms with Crippen molar-refractivity contribution in [2.24, 2.45) is 17.8 Å². The van der Waals surface area contributed by atoms with Crippen LogP contribution in [0.5, 0.6) is 0 Å². The molecule has 7 nitrogen and oxygen atoms in total. The number of rotatable bonds is 11. The van der Waals surface area contributed by atoms with Gasteiger partial charge in [-0.3, -0.25) is 14.4 Å². The zero-order chi connectivity index (χ0) is 24.5. The summed E-state index contributed by atoms with van der Waals surface area (Å²) in [5, 5.41) is 9.78. The Balaban J connectivity index is 2.07. The van der Waals surface area contributed by atoms with Crippen molar-refractivity contribution in [2.45, 2.75) is 62.6 Å². The van der Waals surface area contributed by atoms with Crippen LogP contribution in [-0.2, 0) is 14.4 Å². The Morgan fingerprint density at radius 1 is 1.27 bits per heavy atom. The molecule has 2 bridgehead atoms. The van der Waals surface area contributed by atoms with E-state index in [1.165, 1.54) is 0 Å². The van der Waals surface area contributed by atoms with Crippen LogP contribution in [0.2, 0.25) is 0 Å². The monoisotopic (exact) mass is 477 g/mol. The molecule has 3 unspecified atom stereocenters. The van der Waals surface area contributed by atoms with Crippen molar-refractivity contribution < 1.29 is 19.5 Å². The SMILES string of the molecule is C=CCN(CCC)C(=O)[C@@H]1[C@H]2C(=O)N(CCO)C(C(=O)N(CC=C)C(C)C)C23S[C@@H]1CC3C. The molecular formula is C25H39N3O4S. The third kappa shape index (κ3) is 4.03. The summed E-state index contributed by atoms with van der Waals surface area (Å²) in [6.45, 7) is 17.0. The summed E-state index contributed by atoms with van der Waals surface area (Å²) in [7, 11) is 0. The van der Waals surface area contributed by atoms with Gasteiger partial charge < -0.3 is 19.8 Å². The number of carbonyl (C=O) groups excluding carboxylic acids is 3. The summed E-state index contributed by atoms with van der Waals surface area (Å²) >= 11 is 1.67. The molecule has 0 aromatic heterocycles. The van der Waals surface area contributed by atoms with Gasteiger partial charge in [0.15, 0.2) is 0 Å². The fourth-order valence-corrected chi connectivity index (χ4v) is 8.62. The zero-order valence-electron chi connectivity index (χ0n) is 20.4. The van der Waals surface area contributed by atoms with Crippen molar-refractivity contribution in [1.82, 2.24) is 14.7 Å². The van der Waals surface area contributed by atoms with E-state index < -0.39 is 22.6 Å². The molecule has 3 fully saturated rings. The van der Waals surface area contributed by atoms with Gasteiger partial charge in [-0.15, -0.1) is 24.9 Å². The first-order valence-corrected chi connectivity index (χ1v) is 13.0. The topological polar surface area (TPSA) is 81.2 Å². The van der Waals surface area contributed by atoms with Gasteiger partial charge in [-0.2, -0.15) is 0 Å². The van der Waals surface area contributed by atoms with Crippen LogP contribution in [0.4, 0.5) is 0 Å². The van der Waals surface area contributed by atoms with Crippen molar-refractivity contribution in [3.63, 3.8) is 0 Å². The minimum atomic E-state index is -0.689. The van der Waals surface area contributed by atoms with Crippen LogP contribution < -0.4 is 0 Å². The number of hydrogen-bond acceptors (Lipinski definition) is 5. The number of fused-ring (bicyclic) bond motifs is 1. The number of hydrogen-bond donors (Lipinski definition) is 1. The van der Waals surface area contributed by atoms with E-state index in [1.54, 1.807) is 38.6 Å². The highest BCUT2D eigenvalue weighted by Crippen LogP contribution is 2.68. The van der Waals surface area contributed by atoms with E-state index in [1.807, 2.05) is 20.8 Å². The standard InChI is InChI=1S/C25H39N3O4S/c1-7-10-26(11-8-2)22(30)19-18-15-17(6)25(33-18)20(19)23(31)28(13-14-29)21(25)24(32)27(12-9-3)16(4)5/h7,9,16-21,29H,1,3,8,10-15H2,2,4-6H3/t17?,18-,19+,20+,21?,25?/m1/s1. The Morgan fingerprint density at radius 3 is 2.48 bits per heavy atom. The van der Waals surface area contributed by atoms with Crippen molar-refractivity contribution in [3.05, 3.63) is 25.3 Å². The van der Waals surface area contributed by atoms with Gasteiger partial charge in [0.05, 0.1) is 23.2 Å². The fourth-order valence-electron chi connectivity index (χ4n) is 6.21. The third-order valence-electron chi connectivity index (χ3n) is 7.49. The molecule has 3 saturated heterocycles. The molecule has 3 rings (SSSR count). The van der Waals surface area contributed by atoms with Crippen molar-refractivity contribution in [1.29, 1.82) is 0 Å². The van der Waals surface area contributed by atoms with E-state index in [2.05, 4.69) is 20.1 Å². The number of likely N-dealkylation sites (tertiary alicyclic amines) is 1. The molecule has 1 N–H and O–H groups in total. The predicted octanol–water partition coefficient (Wildman–Crippen LogP) is 2.16. The summed E-state index contributed by atoms with van der Waals surface area (Å²) in [5.41, 5.74) is 0. The number of β-amino-alcohol motifs (C(OH)–C–C–N with tert-alkyl or cyclic N) is 1. The van der Waals surface area contributed by atoms with Gasteiger partial charge in [-0.25, -0.2) is 0 Å². The minimum absolute atomic E-state index is 0.00905. The number of aliphatic hydroxyl groups excluding tert-OH is 1. The van der Waals surface area contributed by atoms with Gasteiger partial charge in [-0.05, 0) is 32.6 Å². The summed E-state index contributed by atoms with van der Waals surface area (Å²) in [5.74, 6) is -1.18. The molecule has 1 spiro atoms. The van der Waals surface area contributed by atoms with Crippen LogP contribution in [0.15, 0.2) is 25.3 Å². The Kier molecular flexibility index (Phi) is 7.99. The normalized spacial score (nSPS) is 32.2. The maximum absolute atomic E-state index is 14.0. The largest absolute Gasteiger partial charge is 0.395 e. The van der Waals surface area contributed by atoms with Gasteiger partial charge in [0.2, 0.25) is 17.7 Å². The second kappa shape index (κ2) is 10.2. The first-order chi connectivity index (χ1) is 15.7. The van der Waals surface area contributed by atoms with E-state index in [9.17, 15) is 19.5 Å². The molecule has 3 aliphatic rings. The minimum Gasteiger partial charge on any atom is -0.395 e. The second-order valence-corrected chi connectivity index (χ2v) is 11.3. The van der Waals surface area contributed by atoms with Gasteiger partial charge >= 0.3 is 0 Å². The van der Waals surface area contributed by atoms with Crippen LogP contribution in [0.1, 0.15) is 40.5 Å². The fraction of sp³-hybridized carbons (Fsp3) is 0.720. The van der Waals surface area contributed by atoms with Gasteiger partial charge in [0.25, 0.3) is 0 Å². The predicted molar refractivity (Wildman–Crippen MR) is 132 cm³/mol. The van der Waals surface area contributed by atoms with E-state index in [4.69, 9.17) is 0 Å². The molecule has 0 saturated carbocycles. The van der Waals surface area contributed by atoms with Crippen LogP contribution in [0, 0.1) is 17.8 Å². The maximum Gasteiger partial charge on any atom is 0.247 e. The molecule has 6 atom stereocenters. The van der Waals surface area contributed by atoms with E-state index in [-0.39, 0.29) is 48.1 Å². The molecule has 3 aliphatic heterocycles. The van der Waals surface area contributed by atoms with E-state index in [0.29, 0.717) is 19.6 Å². The number of nitrogens with zero attached hydrogens (tertiary/aromatic N) is 3. The quantitative estimate of drug-likeness (QED) is 0.461. The van der Waals surface area contributed by atoms with Gasteiger partial charge in [0, 0.05) is 37.5 Å². The molecule has 184 valence electrons. The van der Waals surface area contributed by atoms with Gasteiger partial charge in [0.1, 0.15) is 6.04 Å². The molecular weight excluding hydrogens is 438 g/mol. The molecule has 0 radical (unpaired) electrons. The van der Waals surface area contributed by atoms with E-state index in [0.717, 1.165) is 12.8 Å². The highest BCUT2D eigenvalue weighted by Gasteiger charge is 2.76. The summed E-state index contributed by atoms with van der Waals surface area (Å²) < 4.78 is -0.658. The van der Waals surface area contributed by atoms with Gasteiger partial charge in [-0.1, -0.05) is 26.0 Å². The molecule has 0 aliphatic carbocycles. The third-order valence-corrected chi connectivity index (χ3v) is 9.57. The molecule has 0 aromatic carbocycles. The Hall–Kier alpha value is -1.80. The lowest BCUT2D eigenvalue weighted by Crippen LogP contribution is -2.58. The lowest BCUT2D eigenvalue weighted by Gasteiger charge is -2.41. The van der Waals surface area contributed by atoms with Crippen LogP contribution in [0.3, 0.4) is 0 Å². The van der Waals surface area contributed by atoms with E-state index >= 15 is 0 Å². The average molecular weight is 478 g/mol. The highest BCUT2D eigenvalue weighted by atomic mass is 32.2. The van der Waals surface area contributed by atoms with Crippen molar-refractivity contribution in [3.8, 4) is 0 Å². The van der Waals surface area contributed by atoms with Crippen LogP contribution >= 0.6 is 11.8 Å². The smallest absolute Gasteiger partial charge is 0.247 e. The van der Waals surface area contributed by atoms with Crippen LogP contribution in [0.25, 0.3) is 0 Å². The summed E-state index contributed by atoms with van der Waals surface area (Å²) in [4.78, 5) is 46.7. The highest BCUT2D eigenvalue weighted by molar-refractivity contribution is 8.02. The summed E-state index contributed by atoms with van der Waals surface area (Å²) in [6.07, 6.45) is 5.06.